The van der Waals surface area contributed by atoms with Crippen molar-refractivity contribution < 1.29 is 9.18 Å². The Morgan fingerprint density at radius 3 is 2.81 bits per heavy atom. The minimum absolute atomic E-state index is 0.267. The van der Waals surface area contributed by atoms with Crippen molar-refractivity contribution in [2.75, 3.05) is 5.32 Å². The highest BCUT2D eigenvalue weighted by molar-refractivity contribution is 6.00. The summed E-state index contributed by atoms with van der Waals surface area (Å²) in [5.74, 6) is -0.276. The van der Waals surface area contributed by atoms with E-state index in [1.54, 1.807) is 42.7 Å². The molecule has 2 aromatic heterocycles. The van der Waals surface area contributed by atoms with Crippen LogP contribution in [0.15, 0.2) is 55.0 Å². The number of pyridine rings is 1. The number of carbonyl (C=O) groups is 1. The van der Waals surface area contributed by atoms with Crippen molar-refractivity contribution in [3.05, 3.63) is 71.9 Å². The molecule has 0 spiro atoms. The number of carbonyl (C=O) groups excluding carboxylic acids is 1. The van der Waals surface area contributed by atoms with Gasteiger partial charge < -0.3 is 5.32 Å². The molecule has 4 rings (SSSR count). The zero-order valence-corrected chi connectivity index (χ0v) is 13.7. The molecule has 6 nitrogen and oxygen atoms in total. The molecule has 26 heavy (non-hydrogen) atoms. The van der Waals surface area contributed by atoms with Crippen LogP contribution < -0.4 is 5.32 Å². The lowest BCUT2D eigenvalue weighted by molar-refractivity contribution is -0.118. The maximum Gasteiger partial charge on any atom is 0.236 e. The van der Waals surface area contributed by atoms with Crippen LogP contribution in [0.5, 0.6) is 0 Å². The number of nitrogens with zero attached hydrogens (tertiary/aromatic N) is 4. The maximum atomic E-state index is 14.1. The third kappa shape index (κ3) is 2.71. The fourth-order valence-corrected chi connectivity index (χ4v) is 2.98. The summed E-state index contributed by atoms with van der Waals surface area (Å²) in [4.78, 5) is 16.7. The quantitative estimate of drug-likeness (QED) is 0.786. The van der Waals surface area contributed by atoms with Gasteiger partial charge in [-0.05, 0) is 25.0 Å². The van der Waals surface area contributed by atoms with Gasteiger partial charge in [0.2, 0.25) is 5.91 Å². The molecule has 1 N–H and O–H groups in total. The van der Waals surface area contributed by atoms with Crippen LogP contribution in [0.25, 0.3) is 5.69 Å². The van der Waals surface area contributed by atoms with E-state index in [1.165, 1.54) is 16.9 Å². The molecule has 0 unspecified atom stereocenters. The summed E-state index contributed by atoms with van der Waals surface area (Å²) in [6.07, 6.45) is 5.90. The first kappa shape index (κ1) is 16.0. The number of hydrogen-bond donors (Lipinski definition) is 1. The number of benzene rings is 1. The van der Waals surface area contributed by atoms with Crippen LogP contribution in [0.4, 0.5) is 10.2 Å². The molecule has 1 aromatic carbocycles. The molecule has 1 fully saturated rings. The Bertz CT molecular complexity index is 1030. The SMILES string of the molecule is N#Cc1cncc(-n2ccc(NC(=O)C3(c4ccccc4F)CC3)n2)c1. The predicted molar refractivity (Wildman–Crippen MR) is 92.0 cm³/mol. The Morgan fingerprint density at radius 1 is 1.27 bits per heavy atom. The number of halogens is 1. The van der Waals surface area contributed by atoms with Crippen molar-refractivity contribution in [3.63, 3.8) is 0 Å². The number of rotatable bonds is 4. The van der Waals surface area contributed by atoms with Gasteiger partial charge in [0.05, 0.1) is 22.9 Å². The number of hydrogen-bond acceptors (Lipinski definition) is 4. The Kier molecular flexibility index (Phi) is 3.73. The van der Waals surface area contributed by atoms with E-state index in [-0.39, 0.29) is 11.7 Å². The van der Waals surface area contributed by atoms with Gasteiger partial charge in [0.15, 0.2) is 5.82 Å². The minimum atomic E-state index is -0.822. The van der Waals surface area contributed by atoms with Gasteiger partial charge in [-0.25, -0.2) is 9.07 Å². The number of amides is 1. The molecule has 0 radical (unpaired) electrons. The normalized spacial score (nSPS) is 14.5. The van der Waals surface area contributed by atoms with Gasteiger partial charge in [-0.2, -0.15) is 10.4 Å². The van der Waals surface area contributed by atoms with Gasteiger partial charge >= 0.3 is 0 Å². The van der Waals surface area contributed by atoms with Crippen molar-refractivity contribution in [2.24, 2.45) is 0 Å². The summed E-state index contributed by atoms with van der Waals surface area (Å²) in [5, 5.41) is 16.0. The fraction of sp³-hybridized carbons (Fsp3) is 0.158. The largest absolute Gasteiger partial charge is 0.308 e. The summed E-state index contributed by atoms with van der Waals surface area (Å²) in [6.45, 7) is 0. The highest BCUT2D eigenvalue weighted by atomic mass is 19.1. The summed E-state index contributed by atoms with van der Waals surface area (Å²) < 4.78 is 15.6. The van der Waals surface area contributed by atoms with Crippen molar-refractivity contribution in [1.29, 1.82) is 5.26 Å². The molecule has 1 aliphatic carbocycles. The monoisotopic (exact) mass is 347 g/mol. The maximum absolute atomic E-state index is 14.1. The first-order chi connectivity index (χ1) is 12.6. The molecule has 128 valence electrons. The van der Waals surface area contributed by atoms with E-state index >= 15 is 0 Å². The molecule has 0 bridgehead atoms. The van der Waals surface area contributed by atoms with Gasteiger partial charge in [-0.3, -0.25) is 9.78 Å². The Labute approximate surface area is 148 Å². The first-order valence-corrected chi connectivity index (χ1v) is 8.10. The second-order valence-electron chi connectivity index (χ2n) is 6.21. The van der Waals surface area contributed by atoms with Gasteiger partial charge in [0.25, 0.3) is 0 Å². The number of nitrogens with one attached hydrogen (secondary N) is 1. The van der Waals surface area contributed by atoms with Crippen LogP contribution in [0, 0.1) is 17.1 Å². The topological polar surface area (TPSA) is 83.6 Å². The van der Waals surface area contributed by atoms with E-state index in [0.29, 0.717) is 35.5 Å². The van der Waals surface area contributed by atoms with Gasteiger partial charge in [0.1, 0.15) is 11.9 Å². The molecule has 2 heterocycles. The third-order valence-corrected chi connectivity index (χ3v) is 4.52. The van der Waals surface area contributed by atoms with E-state index in [4.69, 9.17) is 5.26 Å². The number of aromatic nitrogens is 3. The third-order valence-electron chi connectivity index (χ3n) is 4.52. The van der Waals surface area contributed by atoms with Gasteiger partial charge in [-0.1, -0.05) is 18.2 Å². The first-order valence-electron chi connectivity index (χ1n) is 8.10. The molecule has 0 atom stereocenters. The lowest BCUT2D eigenvalue weighted by atomic mass is 9.94. The van der Waals surface area contributed by atoms with Crippen molar-refractivity contribution in [3.8, 4) is 11.8 Å². The van der Waals surface area contributed by atoms with E-state index in [2.05, 4.69) is 15.4 Å². The zero-order valence-electron chi connectivity index (χ0n) is 13.7. The Morgan fingerprint density at radius 2 is 2.08 bits per heavy atom. The number of anilines is 1. The molecule has 3 aromatic rings. The molecule has 0 aliphatic heterocycles. The van der Waals surface area contributed by atoms with Crippen molar-refractivity contribution in [1.82, 2.24) is 14.8 Å². The molecular formula is C19H14FN5O. The molecular weight excluding hydrogens is 333 g/mol. The zero-order chi connectivity index (χ0) is 18.1. The highest BCUT2D eigenvalue weighted by Gasteiger charge is 2.52. The second kappa shape index (κ2) is 6.08. The van der Waals surface area contributed by atoms with E-state index in [9.17, 15) is 9.18 Å². The van der Waals surface area contributed by atoms with Crippen LogP contribution in [-0.4, -0.2) is 20.7 Å². The van der Waals surface area contributed by atoms with E-state index in [0.717, 1.165) is 0 Å². The van der Waals surface area contributed by atoms with E-state index < -0.39 is 5.41 Å². The minimum Gasteiger partial charge on any atom is -0.308 e. The van der Waals surface area contributed by atoms with E-state index in [1.807, 2.05) is 6.07 Å². The average molecular weight is 347 g/mol. The second-order valence-corrected chi connectivity index (χ2v) is 6.21. The predicted octanol–water partition coefficient (Wildman–Crippen LogP) is 2.95. The van der Waals surface area contributed by atoms with Crippen molar-refractivity contribution in [2.45, 2.75) is 18.3 Å². The molecule has 0 saturated heterocycles. The lowest BCUT2D eigenvalue weighted by Crippen LogP contribution is -2.29. The van der Waals surface area contributed by atoms with Crippen LogP contribution in [-0.2, 0) is 10.2 Å². The lowest BCUT2D eigenvalue weighted by Gasteiger charge is -2.15. The van der Waals surface area contributed by atoms with Crippen LogP contribution in [0.3, 0.4) is 0 Å². The Hall–Kier alpha value is -3.53. The Balaban J connectivity index is 1.55. The average Bonchev–Trinajstić information content (AvgIpc) is 3.35. The molecule has 1 saturated carbocycles. The summed E-state index contributed by atoms with van der Waals surface area (Å²) in [5.41, 5.74) is 0.625. The van der Waals surface area contributed by atoms with Gasteiger partial charge in [0, 0.05) is 24.0 Å². The van der Waals surface area contributed by atoms with Crippen molar-refractivity contribution >= 4 is 11.7 Å². The summed E-state index contributed by atoms with van der Waals surface area (Å²) >= 11 is 0. The van der Waals surface area contributed by atoms with Gasteiger partial charge in [-0.15, -0.1) is 0 Å². The number of nitriles is 1. The standard InChI is InChI=1S/C19H14FN5O/c20-16-4-2-1-3-15(16)19(6-7-19)18(26)23-17-5-8-25(24-17)14-9-13(10-21)11-22-12-14/h1-5,8-9,11-12H,6-7H2,(H,23,24,26). The van der Waals surface area contributed by atoms with Crippen LogP contribution >= 0.6 is 0 Å². The highest BCUT2D eigenvalue weighted by Crippen LogP contribution is 2.49. The van der Waals surface area contributed by atoms with Crippen LogP contribution in [0.1, 0.15) is 24.0 Å². The summed E-state index contributed by atoms with van der Waals surface area (Å²) in [7, 11) is 0. The molecule has 7 heteroatoms. The fourth-order valence-electron chi connectivity index (χ4n) is 2.98. The molecule has 1 amide bonds. The summed E-state index contributed by atoms with van der Waals surface area (Å²) in [6, 6.07) is 11.7. The smallest absolute Gasteiger partial charge is 0.236 e. The molecule has 1 aliphatic rings. The van der Waals surface area contributed by atoms with Crippen LogP contribution in [0.2, 0.25) is 0 Å².